The summed E-state index contributed by atoms with van der Waals surface area (Å²) >= 11 is 15.3. The maximum Gasteiger partial charge on any atom is 0.0931 e. The van der Waals surface area contributed by atoms with Crippen molar-refractivity contribution in [2.24, 2.45) is 0 Å². The van der Waals surface area contributed by atoms with Crippen molar-refractivity contribution < 1.29 is 0 Å². The van der Waals surface area contributed by atoms with Gasteiger partial charge in [-0.2, -0.15) is 0 Å². The van der Waals surface area contributed by atoms with Crippen LogP contribution in [0.25, 0.3) is 0 Å². The highest BCUT2D eigenvalue weighted by atomic mass is 79.9. The molecule has 1 aliphatic carbocycles. The van der Waals surface area contributed by atoms with Crippen molar-refractivity contribution in [2.45, 2.75) is 16.6 Å². The van der Waals surface area contributed by atoms with E-state index in [9.17, 15) is 0 Å². The van der Waals surface area contributed by atoms with Gasteiger partial charge < -0.3 is 0 Å². The van der Waals surface area contributed by atoms with E-state index in [-0.39, 0.29) is 4.83 Å². The van der Waals surface area contributed by atoms with Crippen molar-refractivity contribution in [3.05, 3.63) is 23.3 Å². The number of halogens is 3. The molecule has 2 atom stereocenters. The molecule has 0 aromatic heterocycles. The van der Waals surface area contributed by atoms with Crippen LogP contribution in [0.1, 0.15) is 6.92 Å². The Kier molecular flexibility index (Phi) is 2.49. The Labute approximate surface area is 79.0 Å². The van der Waals surface area contributed by atoms with E-state index in [0.717, 1.165) is 0 Å². The van der Waals surface area contributed by atoms with Crippen molar-refractivity contribution in [1.82, 2.24) is 0 Å². The standard InChI is InChI=1S/C7H7BrCl2/c1-7(10)5(8)3-2-4-6(7)9/h2-5H,1H3. The number of allylic oxidation sites excluding steroid dienone is 4. The van der Waals surface area contributed by atoms with Crippen molar-refractivity contribution in [3.63, 3.8) is 0 Å². The molecule has 0 fully saturated rings. The molecule has 0 spiro atoms. The van der Waals surface area contributed by atoms with Gasteiger partial charge in [-0.15, -0.1) is 11.6 Å². The lowest BCUT2D eigenvalue weighted by Crippen LogP contribution is -2.29. The Balaban J connectivity index is 2.93. The monoisotopic (exact) mass is 240 g/mol. The van der Waals surface area contributed by atoms with Crippen LogP contribution in [0.3, 0.4) is 0 Å². The van der Waals surface area contributed by atoms with E-state index in [1.165, 1.54) is 0 Å². The van der Waals surface area contributed by atoms with E-state index in [4.69, 9.17) is 23.2 Å². The molecule has 0 N–H and O–H groups in total. The summed E-state index contributed by atoms with van der Waals surface area (Å²) in [4.78, 5) is -0.352. The second-order valence-electron chi connectivity index (χ2n) is 2.38. The number of rotatable bonds is 0. The van der Waals surface area contributed by atoms with Crippen molar-refractivity contribution in [1.29, 1.82) is 0 Å². The maximum absolute atomic E-state index is 6.07. The van der Waals surface area contributed by atoms with Crippen LogP contribution < -0.4 is 0 Å². The third-order valence-electron chi connectivity index (χ3n) is 1.51. The molecule has 56 valence electrons. The molecular formula is C7H7BrCl2. The first kappa shape index (κ1) is 8.63. The lowest BCUT2D eigenvalue weighted by Gasteiger charge is -2.27. The minimum atomic E-state index is -0.476. The Morgan fingerprint density at radius 1 is 1.70 bits per heavy atom. The van der Waals surface area contributed by atoms with Gasteiger partial charge in [0.25, 0.3) is 0 Å². The van der Waals surface area contributed by atoms with Crippen LogP contribution in [0.2, 0.25) is 0 Å². The second-order valence-corrected chi connectivity index (χ2v) is 4.56. The number of hydrogen-bond donors (Lipinski definition) is 0. The predicted octanol–water partition coefficient (Wildman–Crippen LogP) is 3.44. The van der Waals surface area contributed by atoms with Gasteiger partial charge in [-0.25, -0.2) is 0 Å². The highest BCUT2D eigenvalue weighted by Gasteiger charge is 2.33. The van der Waals surface area contributed by atoms with Crippen molar-refractivity contribution in [3.8, 4) is 0 Å². The van der Waals surface area contributed by atoms with Crippen LogP contribution in [0.5, 0.6) is 0 Å². The van der Waals surface area contributed by atoms with Gasteiger partial charge in [0.05, 0.1) is 9.70 Å². The van der Waals surface area contributed by atoms with Crippen LogP contribution in [-0.2, 0) is 0 Å². The summed E-state index contributed by atoms with van der Waals surface area (Å²) in [6.45, 7) is 1.89. The molecule has 10 heavy (non-hydrogen) atoms. The van der Waals surface area contributed by atoms with Gasteiger partial charge in [-0.1, -0.05) is 39.7 Å². The molecule has 3 heteroatoms. The molecule has 1 aliphatic rings. The Bertz CT molecular complexity index is 194. The molecule has 0 nitrogen and oxygen atoms in total. The Morgan fingerprint density at radius 2 is 2.30 bits per heavy atom. The summed E-state index contributed by atoms with van der Waals surface area (Å²) in [5, 5.41) is 0.679. The maximum atomic E-state index is 6.07. The average Bonchev–Trinajstić information content (AvgIpc) is 1.84. The van der Waals surface area contributed by atoms with E-state index >= 15 is 0 Å². The smallest absolute Gasteiger partial charge is 0.0931 e. The topological polar surface area (TPSA) is 0 Å². The zero-order valence-electron chi connectivity index (χ0n) is 5.44. The number of hydrogen-bond acceptors (Lipinski definition) is 0. The molecule has 0 saturated heterocycles. The fourth-order valence-electron chi connectivity index (χ4n) is 0.713. The van der Waals surface area contributed by atoms with Gasteiger partial charge >= 0.3 is 0 Å². The van der Waals surface area contributed by atoms with Crippen LogP contribution >= 0.6 is 39.1 Å². The van der Waals surface area contributed by atoms with Gasteiger partial charge in [0.2, 0.25) is 0 Å². The molecule has 0 saturated carbocycles. The van der Waals surface area contributed by atoms with E-state index in [1.54, 1.807) is 0 Å². The first-order chi connectivity index (χ1) is 4.55. The van der Waals surface area contributed by atoms with Crippen molar-refractivity contribution in [2.75, 3.05) is 0 Å². The van der Waals surface area contributed by atoms with Crippen LogP contribution in [0.4, 0.5) is 0 Å². The van der Waals surface area contributed by atoms with E-state index in [1.807, 2.05) is 25.2 Å². The molecule has 0 amide bonds. The van der Waals surface area contributed by atoms with Crippen LogP contribution in [0.15, 0.2) is 23.3 Å². The van der Waals surface area contributed by atoms with E-state index < -0.39 is 4.87 Å². The van der Waals surface area contributed by atoms with Gasteiger partial charge in [0, 0.05) is 5.03 Å². The fraction of sp³-hybridized carbons (Fsp3) is 0.429. The lowest BCUT2D eigenvalue weighted by atomic mass is 10.0. The minimum Gasteiger partial charge on any atom is -0.112 e. The molecule has 0 aromatic carbocycles. The molecular weight excluding hydrogens is 235 g/mol. The average molecular weight is 242 g/mol. The molecule has 0 radical (unpaired) electrons. The largest absolute Gasteiger partial charge is 0.112 e. The van der Waals surface area contributed by atoms with Gasteiger partial charge in [-0.3, -0.25) is 0 Å². The zero-order valence-corrected chi connectivity index (χ0v) is 8.54. The van der Waals surface area contributed by atoms with Gasteiger partial charge in [-0.05, 0) is 13.0 Å². The summed E-state index contributed by atoms with van der Waals surface area (Å²) in [5.74, 6) is 0. The summed E-state index contributed by atoms with van der Waals surface area (Å²) in [5.41, 5.74) is 0. The SMILES string of the molecule is CC1(Cl)C(Cl)=CC=CC1Br. The Hall–Kier alpha value is 0.540. The third kappa shape index (κ3) is 1.41. The highest BCUT2D eigenvalue weighted by Crippen LogP contribution is 2.38. The fourth-order valence-corrected chi connectivity index (χ4v) is 1.59. The minimum absolute atomic E-state index is 0.124. The summed E-state index contributed by atoms with van der Waals surface area (Å²) in [6, 6.07) is 0. The van der Waals surface area contributed by atoms with Crippen molar-refractivity contribution >= 4 is 39.1 Å². The first-order valence-electron chi connectivity index (χ1n) is 2.92. The number of alkyl halides is 2. The summed E-state index contributed by atoms with van der Waals surface area (Å²) in [6.07, 6.45) is 5.68. The Morgan fingerprint density at radius 3 is 2.70 bits per heavy atom. The van der Waals surface area contributed by atoms with Crippen LogP contribution in [0, 0.1) is 0 Å². The van der Waals surface area contributed by atoms with Gasteiger partial charge in [0.1, 0.15) is 0 Å². The quantitative estimate of drug-likeness (QED) is 0.570. The predicted molar refractivity (Wildman–Crippen MR) is 50.0 cm³/mol. The molecule has 0 aliphatic heterocycles. The first-order valence-corrected chi connectivity index (χ1v) is 4.60. The molecule has 0 aromatic rings. The van der Waals surface area contributed by atoms with E-state index in [2.05, 4.69) is 15.9 Å². The van der Waals surface area contributed by atoms with Gasteiger partial charge in [0.15, 0.2) is 0 Å². The second kappa shape index (κ2) is 2.88. The van der Waals surface area contributed by atoms with E-state index in [0.29, 0.717) is 5.03 Å². The van der Waals surface area contributed by atoms with Crippen LogP contribution in [-0.4, -0.2) is 9.70 Å². The highest BCUT2D eigenvalue weighted by molar-refractivity contribution is 9.09. The normalized spacial score (nSPS) is 39.6. The summed E-state index contributed by atoms with van der Waals surface area (Å²) in [7, 11) is 0. The lowest BCUT2D eigenvalue weighted by molar-refractivity contribution is 0.793. The summed E-state index contributed by atoms with van der Waals surface area (Å²) < 4.78 is 0. The molecule has 0 bridgehead atoms. The zero-order chi connectivity index (χ0) is 7.78. The third-order valence-corrected chi connectivity index (χ3v) is 4.05. The molecule has 1 rings (SSSR count). The molecule has 2 unspecified atom stereocenters. The molecule has 0 heterocycles.